The van der Waals surface area contributed by atoms with Gasteiger partial charge in [-0.2, -0.15) is 0 Å². The van der Waals surface area contributed by atoms with E-state index in [2.05, 4.69) is 20.7 Å². The van der Waals surface area contributed by atoms with Crippen molar-refractivity contribution < 1.29 is 13.3 Å². The largest absolute Gasteiger partial charge is 0.300 e. The summed E-state index contributed by atoms with van der Waals surface area (Å²) in [4.78, 5) is 10.0. The number of halogens is 2. The van der Waals surface area contributed by atoms with Gasteiger partial charge in [0.2, 0.25) is 0 Å². The van der Waals surface area contributed by atoms with Gasteiger partial charge in [-0.3, -0.25) is 14.8 Å². The van der Waals surface area contributed by atoms with Crippen LogP contribution in [0.15, 0.2) is 32.9 Å². The molecular weight excluding hydrogens is 404 g/mol. The van der Waals surface area contributed by atoms with E-state index in [1.165, 1.54) is 0 Å². The summed E-state index contributed by atoms with van der Waals surface area (Å²) in [5.74, 6) is 0. The van der Waals surface area contributed by atoms with Gasteiger partial charge in [-0.25, -0.2) is 8.42 Å². The van der Waals surface area contributed by atoms with E-state index >= 15 is 0 Å². The minimum Gasteiger partial charge on any atom is -0.279 e. The highest BCUT2D eigenvalue weighted by Gasteiger charge is 2.25. The number of nitrogens with one attached hydrogen (secondary N) is 1. The average molecular weight is 412 g/mol. The minimum atomic E-state index is -3.93. The molecule has 1 N–H and O–H groups in total. The van der Waals surface area contributed by atoms with Gasteiger partial charge in [0.25, 0.3) is 15.7 Å². The van der Waals surface area contributed by atoms with Gasteiger partial charge in [0, 0.05) is 10.5 Å². The molecule has 0 atom stereocenters. The maximum atomic E-state index is 12.3. The van der Waals surface area contributed by atoms with Crippen molar-refractivity contribution in [2.75, 3.05) is 4.72 Å². The molecule has 1 aromatic carbocycles. The van der Waals surface area contributed by atoms with Crippen LogP contribution in [0.5, 0.6) is 0 Å². The number of hydrogen-bond acceptors (Lipinski definition) is 5. The number of nitrogens with zero attached hydrogens (tertiary/aromatic N) is 1. The predicted octanol–water partition coefficient (Wildman–Crippen LogP) is 4.18. The van der Waals surface area contributed by atoms with Gasteiger partial charge in [-0.15, -0.1) is 11.3 Å². The first-order valence-corrected chi connectivity index (χ1v) is 8.91. The molecule has 0 amide bonds. The second kappa shape index (κ2) is 5.91. The Morgan fingerprint density at radius 2 is 2.10 bits per heavy atom. The van der Waals surface area contributed by atoms with Crippen LogP contribution < -0.4 is 4.72 Å². The van der Waals surface area contributed by atoms with Crippen molar-refractivity contribution in [3.05, 3.63) is 48.8 Å². The molecule has 112 valence electrons. The smallest absolute Gasteiger partial charge is 0.279 e. The van der Waals surface area contributed by atoms with Crippen LogP contribution in [0.3, 0.4) is 0 Å². The first-order valence-electron chi connectivity index (χ1n) is 5.44. The molecule has 0 aliphatic heterocycles. The molecule has 0 saturated heterocycles. The highest BCUT2D eigenvalue weighted by atomic mass is 79.9. The fourth-order valence-electron chi connectivity index (χ4n) is 1.51. The lowest BCUT2D eigenvalue weighted by Gasteiger charge is -2.10. The van der Waals surface area contributed by atoms with Crippen LogP contribution in [0.2, 0.25) is 4.34 Å². The molecule has 0 fully saturated rings. The van der Waals surface area contributed by atoms with E-state index in [9.17, 15) is 18.5 Å². The minimum absolute atomic E-state index is 0.175. The predicted molar refractivity (Wildman–Crippen MR) is 85.7 cm³/mol. The lowest BCUT2D eigenvalue weighted by Crippen LogP contribution is -2.12. The molecule has 0 radical (unpaired) electrons. The van der Waals surface area contributed by atoms with Crippen molar-refractivity contribution in [3.63, 3.8) is 0 Å². The molecule has 0 aliphatic rings. The molecule has 6 nitrogen and oxygen atoms in total. The molecular formula is C11H8BrClN2O4S2. The van der Waals surface area contributed by atoms with Crippen molar-refractivity contribution >= 4 is 60.3 Å². The Kier molecular flexibility index (Phi) is 4.57. The monoisotopic (exact) mass is 410 g/mol. The summed E-state index contributed by atoms with van der Waals surface area (Å²) in [5, 5.41) is 10.7. The maximum Gasteiger partial charge on any atom is 0.300 e. The first-order chi connectivity index (χ1) is 9.72. The van der Waals surface area contributed by atoms with Gasteiger partial charge in [0.1, 0.15) is 4.21 Å². The third-order valence-corrected chi connectivity index (χ3v) is 6.66. The van der Waals surface area contributed by atoms with Gasteiger partial charge in [0.15, 0.2) is 4.34 Å². The van der Waals surface area contributed by atoms with E-state index < -0.39 is 20.6 Å². The van der Waals surface area contributed by atoms with E-state index in [1.807, 2.05) is 0 Å². The molecule has 0 spiro atoms. The van der Waals surface area contributed by atoms with Crippen molar-refractivity contribution in [1.82, 2.24) is 0 Å². The summed E-state index contributed by atoms with van der Waals surface area (Å²) in [6, 6.07) is 6.00. The second-order valence-corrected chi connectivity index (χ2v) is 8.42. The molecule has 21 heavy (non-hydrogen) atoms. The van der Waals surface area contributed by atoms with Gasteiger partial charge < -0.3 is 0 Å². The van der Waals surface area contributed by atoms with Crippen LogP contribution in [-0.2, 0) is 10.0 Å². The Morgan fingerprint density at radius 3 is 2.67 bits per heavy atom. The molecule has 2 aromatic rings. The number of hydrogen-bond donors (Lipinski definition) is 1. The standard InChI is InChI=1S/C11H8BrClN2O4S2/c1-6-7(12)3-2-4-8(6)14-21(18,19)10-5-9(15(16)17)11(13)20-10/h2-5,14H,1H3. The summed E-state index contributed by atoms with van der Waals surface area (Å²) >= 11 is 9.63. The maximum absolute atomic E-state index is 12.3. The van der Waals surface area contributed by atoms with Crippen LogP contribution in [0.4, 0.5) is 11.4 Å². The van der Waals surface area contributed by atoms with E-state index in [0.29, 0.717) is 22.6 Å². The van der Waals surface area contributed by atoms with Gasteiger partial charge in [0.05, 0.1) is 10.6 Å². The number of anilines is 1. The Bertz CT molecular complexity index is 820. The quantitative estimate of drug-likeness (QED) is 0.603. The van der Waals surface area contributed by atoms with E-state index in [4.69, 9.17) is 11.6 Å². The highest BCUT2D eigenvalue weighted by molar-refractivity contribution is 9.10. The molecule has 1 aromatic heterocycles. The molecule has 0 unspecified atom stereocenters. The second-order valence-electron chi connectivity index (χ2n) is 4.00. The molecule has 0 bridgehead atoms. The number of sulfonamides is 1. The van der Waals surface area contributed by atoms with Crippen LogP contribution in [0, 0.1) is 17.0 Å². The van der Waals surface area contributed by atoms with E-state index in [1.54, 1.807) is 25.1 Å². The lowest BCUT2D eigenvalue weighted by molar-refractivity contribution is -0.384. The molecule has 2 rings (SSSR count). The molecule has 0 saturated carbocycles. The lowest BCUT2D eigenvalue weighted by atomic mass is 10.2. The van der Waals surface area contributed by atoms with Crippen LogP contribution in [0.25, 0.3) is 0 Å². The van der Waals surface area contributed by atoms with Gasteiger partial charge >= 0.3 is 0 Å². The van der Waals surface area contributed by atoms with Crippen LogP contribution in [0.1, 0.15) is 5.56 Å². The Morgan fingerprint density at radius 1 is 1.43 bits per heavy atom. The van der Waals surface area contributed by atoms with Crippen LogP contribution in [-0.4, -0.2) is 13.3 Å². The number of thiophene rings is 1. The normalized spacial score (nSPS) is 11.4. The zero-order valence-corrected chi connectivity index (χ0v) is 14.4. The number of benzene rings is 1. The van der Waals surface area contributed by atoms with Crippen molar-refractivity contribution in [3.8, 4) is 0 Å². The average Bonchev–Trinajstić information content (AvgIpc) is 2.78. The van der Waals surface area contributed by atoms with Crippen molar-refractivity contribution in [1.29, 1.82) is 0 Å². The first kappa shape index (κ1) is 16.2. The summed E-state index contributed by atoms with van der Waals surface area (Å²) in [7, 11) is -3.93. The van der Waals surface area contributed by atoms with E-state index in [-0.39, 0.29) is 8.55 Å². The Labute approximate surface area is 138 Å². The summed E-state index contributed by atoms with van der Waals surface area (Å²) in [6.07, 6.45) is 0. The third kappa shape index (κ3) is 3.37. The molecule has 0 aliphatic carbocycles. The number of rotatable bonds is 4. The summed E-state index contributed by atoms with van der Waals surface area (Å²) < 4.78 is 27.3. The van der Waals surface area contributed by atoms with Crippen molar-refractivity contribution in [2.45, 2.75) is 11.1 Å². The summed E-state index contributed by atoms with van der Waals surface area (Å²) in [5.41, 5.74) is 0.669. The molecule has 10 heteroatoms. The van der Waals surface area contributed by atoms with Crippen molar-refractivity contribution in [2.24, 2.45) is 0 Å². The van der Waals surface area contributed by atoms with Crippen LogP contribution >= 0.6 is 38.9 Å². The fourth-order valence-corrected chi connectivity index (χ4v) is 4.66. The molecule has 1 heterocycles. The fraction of sp³-hybridized carbons (Fsp3) is 0.0909. The van der Waals surface area contributed by atoms with Gasteiger partial charge in [-0.1, -0.05) is 33.6 Å². The zero-order chi connectivity index (χ0) is 15.8. The highest BCUT2D eigenvalue weighted by Crippen LogP contribution is 2.37. The summed E-state index contributed by atoms with van der Waals surface area (Å²) in [6.45, 7) is 1.74. The van der Waals surface area contributed by atoms with Gasteiger partial charge in [-0.05, 0) is 24.6 Å². The van der Waals surface area contributed by atoms with E-state index in [0.717, 1.165) is 10.5 Å². The number of nitro groups is 1. The zero-order valence-electron chi connectivity index (χ0n) is 10.5. The topological polar surface area (TPSA) is 89.3 Å². The third-order valence-electron chi connectivity index (χ3n) is 2.62. The SMILES string of the molecule is Cc1c(Br)cccc1NS(=O)(=O)c1cc([N+](=O)[O-])c(Cl)s1. The Hall–Kier alpha value is -1.16. The Balaban J connectivity index is 2.41.